The Balaban J connectivity index is 2.66. The maximum absolute atomic E-state index is 11.3. The maximum Gasteiger partial charge on any atom is 0.138 e. The number of rotatable bonds is 1. The van der Waals surface area contributed by atoms with E-state index < -0.39 is 0 Å². The van der Waals surface area contributed by atoms with Gasteiger partial charge < -0.3 is 0 Å². The lowest BCUT2D eigenvalue weighted by molar-refractivity contribution is -0.126. The Kier molecular flexibility index (Phi) is 2.77. The summed E-state index contributed by atoms with van der Waals surface area (Å²) in [4.78, 5) is 13.5. The monoisotopic (exact) mass is 179 g/mol. The molecule has 1 atom stereocenters. The quantitative estimate of drug-likeness (QED) is 0.566. The Labute approximate surface area is 80.3 Å². The Morgan fingerprint density at radius 1 is 1.62 bits per heavy atom. The molecule has 1 rings (SSSR count). The van der Waals surface area contributed by atoms with Crippen molar-refractivity contribution in [1.29, 1.82) is 0 Å². The summed E-state index contributed by atoms with van der Waals surface area (Å²) in [5, 5.41) is 0. The van der Waals surface area contributed by atoms with Crippen molar-refractivity contribution in [2.45, 2.75) is 32.7 Å². The molecule has 0 aromatic carbocycles. The number of ketones is 1. The number of piperidine rings is 1. The highest BCUT2D eigenvalue weighted by molar-refractivity contribution is 5.81. The molecule has 1 aliphatic rings. The van der Waals surface area contributed by atoms with E-state index in [0.29, 0.717) is 12.2 Å². The van der Waals surface area contributed by atoms with Gasteiger partial charge in [-0.25, -0.2) is 0 Å². The molecule has 2 heteroatoms. The number of terminal acetylenes is 1. The summed E-state index contributed by atoms with van der Waals surface area (Å²) < 4.78 is 0. The largest absolute Gasteiger partial charge is 0.299 e. The lowest BCUT2D eigenvalue weighted by Crippen LogP contribution is -2.50. The molecule has 1 aliphatic heterocycles. The van der Waals surface area contributed by atoms with Crippen molar-refractivity contribution in [2.24, 2.45) is 5.92 Å². The number of likely N-dealkylation sites (tertiary alicyclic amines) is 1. The maximum atomic E-state index is 11.3. The molecular formula is C11H17NO. The molecule has 0 spiro atoms. The minimum Gasteiger partial charge on any atom is -0.299 e. The van der Waals surface area contributed by atoms with Gasteiger partial charge in [-0.3, -0.25) is 9.69 Å². The zero-order valence-electron chi connectivity index (χ0n) is 8.63. The van der Waals surface area contributed by atoms with Crippen LogP contribution in [0.1, 0.15) is 27.2 Å². The summed E-state index contributed by atoms with van der Waals surface area (Å²) in [5.74, 6) is 3.27. The van der Waals surface area contributed by atoms with Gasteiger partial charge in [0.25, 0.3) is 0 Å². The number of hydrogen-bond donors (Lipinski definition) is 0. The van der Waals surface area contributed by atoms with Crippen molar-refractivity contribution in [3.8, 4) is 12.3 Å². The summed E-state index contributed by atoms with van der Waals surface area (Å²) in [6.07, 6.45) is 6.09. The number of hydrogen-bond acceptors (Lipinski definition) is 2. The summed E-state index contributed by atoms with van der Waals surface area (Å²) in [6.45, 7) is 7.63. The average molecular weight is 179 g/mol. The SMILES string of the molecule is C#CC(C)(C)N1CCC(=O)[C@H](C)C1. The van der Waals surface area contributed by atoms with Crippen LogP contribution in [0.4, 0.5) is 0 Å². The zero-order chi connectivity index (χ0) is 10.1. The Morgan fingerprint density at radius 3 is 2.69 bits per heavy atom. The Morgan fingerprint density at radius 2 is 2.23 bits per heavy atom. The summed E-state index contributed by atoms with van der Waals surface area (Å²) >= 11 is 0. The predicted octanol–water partition coefficient (Wildman–Crippen LogP) is 1.31. The Hall–Kier alpha value is -0.810. The normalized spacial score (nSPS) is 25.7. The standard InChI is InChI=1S/C11H17NO/c1-5-11(3,4)12-7-6-10(13)9(2)8-12/h1,9H,6-8H2,2-4H3/t9-/m1/s1. The van der Waals surface area contributed by atoms with Gasteiger partial charge in [0, 0.05) is 25.4 Å². The van der Waals surface area contributed by atoms with E-state index >= 15 is 0 Å². The first-order valence-corrected chi connectivity index (χ1v) is 4.73. The number of nitrogens with zero attached hydrogens (tertiary/aromatic N) is 1. The molecule has 1 fully saturated rings. The molecule has 0 unspecified atom stereocenters. The highest BCUT2D eigenvalue weighted by Crippen LogP contribution is 2.20. The van der Waals surface area contributed by atoms with Gasteiger partial charge in [-0.05, 0) is 13.8 Å². The molecule has 13 heavy (non-hydrogen) atoms. The molecule has 0 amide bonds. The van der Waals surface area contributed by atoms with Crippen molar-refractivity contribution in [3.63, 3.8) is 0 Å². The van der Waals surface area contributed by atoms with Crippen molar-refractivity contribution in [3.05, 3.63) is 0 Å². The van der Waals surface area contributed by atoms with E-state index in [1.54, 1.807) is 0 Å². The van der Waals surface area contributed by atoms with Crippen LogP contribution in [0.3, 0.4) is 0 Å². The fraction of sp³-hybridized carbons (Fsp3) is 0.727. The van der Waals surface area contributed by atoms with Crippen LogP contribution in [-0.4, -0.2) is 29.3 Å². The smallest absolute Gasteiger partial charge is 0.138 e. The Bertz CT molecular complexity index is 249. The lowest BCUT2D eigenvalue weighted by atomic mass is 9.93. The van der Waals surface area contributed by atoms with Crippen LogP contribution < -0.4 is 0 Å². The van der Waals surface area contributed by atoms with Crippen LogP contribution in [-0.2, 0) is 4.79 Å². The second kappa shape index (κ2) is 3.51. The first-order chi connectivity index (χ1) is 5.97. The second-order valence-corrected chi connectivity index (χ2v) is 4.27. The van der Waals surface area contributed by atoms with E-state index in [9.17, 15) is 4.79 Å². The van der Waals surface area contributed by atoms with Gasteiger partial charge in [-0.1, -0.05) is 12.8 Å². The molecule has 0 N–H and O–H groups in total. The fourth-order valence-electron chi connectivity index (χ4n) is 1.61. The van der Waals surface area contributed by atoms with E-state index in [2.05, 4.69) is 10.8 Å². The van der Waals surface area contributed by atoms with Crippen molar-refractivity contribution < 1.29 is 4.79 Å². The predicted molar refractivity (Wildman–Crippen MR) is 53.3 cm³/mol. The highest BCUT2D eigenvalue weighted by atomic mass is 16.1. The van der Waals surface area contributed by atoms with Crippen molar-refractivity contribution in [2.75, 3.05) is 13.1 Å². The molecule has 0 bridgehead atoms. The topological polar surface area (TPSA) is 20.3 Å². The minimum atomic E-state index is -0.213. The van der Waals surface area contributed by atoms with Crippen molar-refractivity contribution in [1.82, 2.24) is 4.90 Å². The summed E-state index contributed by atoms with van der Waals surface area (Å²) in [7, 11) is 0. The molecule has 2 nitrogen and oxygen atoms in total. The van der Waals surface area contributed by atoms with Crippen LogP contribution in [0.5, 0.6) is 0 Å². The number of carbonyl (C=O) groups is 1. The van der Waals surface area contributed by atoms with Crippen LogP contribution >= 0.6 is 0 Å². The highest BCUT2D eigenvalue weighted by Gasteiger charge is 2.31. The van der Waals surface area contributed by atoms with Crippen LogP contribution in [0, 0.1) is 18.3 Å². The van der Waals surface area contributed by atoms with Gasteiger partial charge in [-0.15, -0.1) is 6.42 Å². The van der Waals surface area contributed by atoms with Crippen LogP contribution in [0.15, 0.2) is 0 Å². The molecule has 0 aromatic rings. The molecule has 0 aromatic heterocycles. The third-order valence-corrected chi connectivity index (χ3v) is 2.82. The lowest BCUT2D eigenvalue weighted by Gasteiger charge is -2.39. The second-order valence-electron chi connectivity index (χ2n) is 4.27. The van der Waals surface area contributed by atoms with Gasteiger partial charge in [-0.2, -0.15) is 0 Å². The zero-order valence-corrected chi connectivity index (χ0v) is 8.63. The molecular weight excluding hydrogens is 162 g/mol. The van der Waals surface area contributed by atoms with Crippen LogP contribution in [0.2, 0.25) is 0 Å². The molecule has 0 aliphatic carbocycles. The summed E-state index contributed by atoms with van der Waals surface area (Å²) in [6, 6.07) is 0. The van der Waals surface area contributed by atoms with Crippen molar-refractivity contribution >= 4 is 5.78 Å². The molecule has 1 saturated heterocycles. The molecule has 1 heterocycles. The summed E-state index contributed by atoms with van der Waals surface area (Å²) in [5.41, 5.74) is -0.213. The van der Waals surface area contributed by atoms with E-state index in [4.69, 9.17) is 6.42 Å². The minimum absolute atomic E-state index is 0.140. The third kappa shape index (κ3) is 2.10. The van der Waals surface area contributed by atoms with E-state index in [1.807, 2.05) is 20.8 Å². The average Bonchev–Trinajstić information content (AvgIpc) is 2.09. The van der Waals surface area contributed by atoms with E-state index in [1.165, 1.54) is 0 Å². The van der Waals surface area contributed by atoms with Gasteiger partial charge >= 0.3 is 0 Å². The van der Waals surface area contributed by atoms with Gasteiger partial charge in [0.1, 0.15) is 5.78 Å². The van der Waals surface area contributed by atoms with Crippen LogP contribution in [0.25, 0.3) is 0 Å². The van der Waals surface area contributed by atoms with E-state index in [-0.39, 0.29) is 11.5 Å². The van der Waals surface area contributed by atoms with Gasteiger partial charge in [0.05, 0.1) is 5.54 Å². The third-order valence-electron chi connectivity index (χ3n) is 2.82. The number of carbonyl (C=O) groups excluding carboxylic acids is 1. The fourth-order valence-corrected chi connectivity index (χ4v) is 1.61. The van der Waals surface area contributed by atoms with E-state index in [0.717, 1.165) is 13.1 Å². The number of Topliss-reactive ketones (excluding diaryl/α,β-unsaturated/α-hetero) is 1. The first-order valence-electron chi connectivity index (χ1n) is 4.73. The first kappa shape index (κ1) is 10.3. The molecule has 0 radical (unpaired) electrons. The van der Waals surface area contributed by atoms with Gasteiger partial charge in [0.2, 0.25) is 0 Å². The molecule has 0 saturated carbocycles. The van der Waals surface area contributed by atoms with Gasteiger partial charge in [0.15, 0.2) is 0 Å². The molecule has 72 valence electrons.